The second kappa shape index (κ2) is 18.3. The van der Waals surface area contributed by atoms with E-state index >= 15 is 0 Å². The molecular formula is C32H18F6I6N2O16S3-2. The van der Waals surface area contributed by atoms with Gasteiger partial charge in [0.25, 0.3) is 10.1 Å². The lowest BCUT2D eigenvalue weighted by molar-refractivity contribution is -0.229. The van der Waals surface area contributed by atoms with Crippen LogP contribution in [0.15, 0.2) is 33.1 Å². The Bertz CT molecular complexity index is 2820. The number of esters is 3. The van der Waals surface area contributed by atoms with E-state index in [0.29, 0.717) is 14.3 Å². The predicted molar refractivity (Wildman–Crippen MR) is 251 cm³/mol. The highest BCUT2D eigenvalue weighted by molar-refractivity contribution is 14.1. The van der Waals surface area contributed by atoms with Gasteiger partial charge in [-0.3, -0.25) is 8.98 Å². The van der Waals surface area contributed by atoms with Gasteiger partial charge in [0.2, 0.25) is 0 Å². The molecule has 65 heavy (non-hydrogen) atoms. The fourth-order valence-electron chi connectivity index (χ4n) is 8.45. The number of hydrogen-bond acceptors (Lipinski definition) is 16. The van der Waals surface area contributed by atoms with E-state index in [1.807, 2.05) is 136 Å². The molecular weight excluding hydrogens is 1640 g/mol. The van der Waals surface area contributed by atoms with Crippen LogP contribution in [0.3, 0.4) is 0 Å². The lowest BCUT2D eigenvalue weighted by Crippen LogP contribution is -2.50. The molecule has 2 aromatic carbocycles. The minimum absolute atomic E-state index is 0.00892. The first-order valence-corrected chi connectivity index (χ1v) is 28.3. The van der Waals surface area contributed by atoms with Gasteiger partial charge in [0.1, 0.15) is 41.7 Å². The van der Waals surface area contributed by atoms with Gasteiger partial charge in [0, 0.05) is 39.2 Å². The maximum atomic E-state index is 13.0. The van der Waals surface area contributed by atoms with Crippen LogP contribution in [-0.2, 0) is 58.1 Å². The number of ether oxygens (including phenoxy) is 4. The molecule has 4 heterocycles. The molecule has 4 aliphatic heterocycles. The average molecular weight is 1660 g/mol. The monoisotopic (exact) mass is 1660 g/mol. The van der Waals surface area contributed by atoms with Crippen LogP contribution in [0.1, 0.15) is 27.1 Å². The van der Waals surface area contributed by atoms with Crippen molar-refractivity contribution in [3.8, 4) is 0 Å². The fraction of sp³-hybridized carbons (Fsp3) is 0.469. The maximum Gasteiger partial charge on any atom is 0.518 e. The summed E-state index contributed by atoms with van der Waals surface area (Å²) in [6.45, 7) is 0. The Morgan fingerprint density at radius 2 is 1.12 bits per heavy atom. The van der Waals surface area contributed by atoms with Gasteiger partial charge in [-0.25, -0.2) is 9.59 Å². The number of halogens is 12. The smallest absolute Gasteiger partial charge is 0.518 e. The Hall–Kier alpha value is -0.480. The Kier molecular flexibility index (Phi) is 14.7. The molecule has 0 radical (unpaired) electrons. The summed E-state index contributed by atoms with van der Waals surface area (Å²) in [6, 6.07) is 6.86. The molecule has 8 rings (SSSR count). The molecule has 6 fully saturated rings. The second-order valence-electron chi connectivity index (χ2n) is 14.5. The highest BCUT2D eigenvalue weighted by atomic mass is 127. The highest BCUT2D eigenvalue weighted by Gasteiger charge is 2.71. The van der Waals surface area contributed by atoms with Gasteiger partial charge in [-0.2, -0.15) is 60.4 Å². The highest BCUT2D eigenvalue weighted by Crippen LogP contribution is 2.59. The fourth-order valence-corrected chi connectivity index (χ4v) is 16.0. The molecule has 18 nitrogen and oxygen atoms in total. The van der Waals surface area contributed by atoms with E-state index in [4.69, 9.17) is 23.1 Å². The van der Waals surface area contributed by atoms with Crippen LogP contribution >= 0.6 is 136 Å². The molecule has 12 atom stereocenters. The van der Waals surface area contributed by atoms with Crippen LogP contribution in [-0.4, -0.2) is 108 Å². The largest absolute Gasteiger partial charge is 0.861 e. The van der Waals surface area contributed by atoms with Crippen molar-refractivity contribution in [2.24, 2.45) is 38.4 Å². The summed E-state index contributed by atoms with van der Waals surface area (Å²) in [5, 5.41) is 23.6. The van der Waals surface area contributed by atoms with Crippen molar-refractivity contribution >= 4 is 195 Å². The number of carbonyl (C=O) groups is 3. The number of carbonyl (C=O) groups excluding carboxylic acids is 3. The van der Waals surface area contributed by atoms with Gasteiger partial charge in [-0.1, -0.05) is 0 Å². The normalized spacial score (nSPS) is 32.3. The van der Waals surface area contributed by atoms with Crippen molar-refractivity contribution in [1.82, 2.24) is 0 Å². The third kappa shape index (κ3) is 9.33. The van der Waals surface area contributed by atoms with Gasteiger partial charge in [-0.05, 0) is 178 Å². The van der Waals surface area contributed by atoms with E-state index in [2.05, 4.69) is 8.80 Å². The van der Waals surface area contributed by atoms with Gasteiger partial charge in [0.05, 0.1) is 23.1 Å². The summed E-state index contributed by atoms with van der Waals surface area (Å²) in [7, 11) is -16.6. The van der Waals surface area contributed by atoms with Crippen molar-refractivity contribution in [1.29, 1.82) is 0 Å². The SMILES string of the molecule is O=C(OC1C2CC3C(OS(=O)(=O)C31)C2C([O-])=NS(=O)(=O)C(F)(F)F)c1c(I)ccc(I)c1I.O=C(OC1C2OC3C(OC(=O)C31)C2C([O-])=NS(=O)(=O)C(F)(F)F)c1c(I)ccc(I)c1I. The van der Waals surface area contributed by atoms with Gasteiger partial charge < -0.3 is 29.2 Å². The van der Waals surface area contributed by atoms with Crippen LogP contribution in [0.5, 0.6) is 0 Å². The summed E-state index contributed by atoms with van der Waals surface area (Å²) in [4.78, 5) is 38.1. The van der Waals surface area contributed by atoms with Gasteiger partial charge in [-0.15, -0.1) is 0 Å². The second-order valence-corrected chi connectivity index (χ2v) is 26.2. The summed E-state index contributed by atoms with van der Waals surface area (Å²) >= 11 is 11.7. The third-order valence-corrected chi connectivity index (χ3v) is 22.7. The van der Waals surface area contributed by atoms with Crippen LogP contribution < -0.4 is 10.2 Å². The van der Waals surface area contributed by atoms with Crippen molar-refractivity contribution in [3.63, 3.8) is 0 Å². The Morgan fingerprint density at radius 3 is 1.60 bits per heavy atom. The number of benzene rings is 2. The maximum absolute atomic E-state index is 13.0. The molecule has 0 amide bonds. The predicted octanol–water partition coefficient (Wildman–Crippen LogP) is 3.57. The van der Waals surface area contributed by atoms with Gasteiger partial charge >= 0.3 is 49.0 Å². The van der Waals surface area contributed by atoms with Crippen molar-refractivity contribution < 1.29 is 99.3 Å². The Labute approximate surface area is 443 Å². The number of rotatable bonds is 8. The average Bonchev–Trinajstić information content (AvgIpc) is 3.97. The van der Waals surface area contributed by atoms with E-state index in [0.717, 1.165) is 7.14 Å². The number of hydrogen-bond donors (Lipinski definition) is 0. The van der Waals surface area contributed by atoms with E-state index in [1.54, 1.807) is 24.3 Å². The first-order chi connectivity index (χ1) is 29.8. The number of alkyl halides is 6. The molecule has 4 saturated heterocycles. The number of fused-ring (bicyclic) bond motifs is 2. The van der Waals surface area contributed by atoms with Crippen LogP contribution in [0.2, 0.25) is 0 Å². The molecule has 33 heteroatoms. The Balaban J connectivity index is 0.000000194. The lowest BCUT2D eigenvalue weighted by atomic mass is 9.80. The first-order valence-electron chi connectivity index (χ1n) is 17.4. The molecule has 2 aliphatic carbocycles. The Morgan fingerprint density at radius 1 is 0.677 bits per heavy atom. The molecule has 356 valence electrons. The minimum Gasteiger partial charge on any atom is -0.861 e. The molecule has 6 aliphatic rings. The van der Waals surface area contributed by atoms with Crippen LogP contribution in [0.4, 0.5) is 26.3 Å². The van der Waals surface area contributed by atoms with E-state index in [-0.39, 0.29) is 17.5 Å². The van der Waals surface area contributed by atoms with E-state index < -0.39 is 142 Å². The van der Waals surface area contributed by atoms with Crippen molar-refractivity contribution in [2.75, 3.05) is 0 Å². The molecule has 12 unspecified atom stereocenters. The molecule has 4 bridgehead atoms. The molecule has 2 aromatic rings. The van der Waals surface area contributed by atoms with Crippen LogP contribution in [0, 0.1) is 51.0 Å². The number of sulfonamides is 2. The topological polar surface area (TPSA) is 271 Å². The molecule has 2 saturated carbocycles. The van der Waals surface area contributed by atoms with E-state index in [1.165, 1.54) is 0 Å². The lowest BCUT2D eigenvalue weighted by Gasteiger charge is -2.34. The summed E-state index contributed by atoms with van der Waals surface area (Å²) in [6.07, 6.45) is -7.91. The summed E-state index contributed by atoms with van der Waals surface area (Å²) in [5.74, 6) is -12.2. The zero-order valence-electron chi connectivity index (χ0n) is 30.6. The standard InChI is InChI=1S/C16H11F3I3NO8S2.C16H9F3I3NO8S/c17-16(18,19)33(28,29)23-14(24)8-4-3-5-11(8)31-32(26,27)13(5)12(4)30-15(25)9-6(20)1-2-7(21)10(9)22;17-16(18,19)32(27,28)23-13(24)6-9-12(7-11(29-9)10(6)30-15(7)26)31-14(25)5-3(20)1-2-4(21)8(5)22/h1-2,4-5,8,11-13H,3H2,(H,23,24);1-2,6-7,9-12H,(H,23,24)/p-2. The zero-order valence-corrected chi connectivity index (χ0v) is 46.0. The van der Waals surface area contributed by atoms with Gasteiger partial charge in [0.15, 0.2) is 0 Å². The molecule has 0 aromatic heterocycles. The number of nitrogens with zero attached hydrogens (tertiary/aromatic N) is 2. The van der Waals surface area contributed by atoms with Crippen molar-refractivity contribution in [2.45, 2.75) is 59.3 Å². The minimum atomic E-state index is -6.14. The molecule has 0 N–H and O–H groups in total. The third-order valence-electron chi connectivity index (χ3n) is 11.0. The zero-order chi connectivity index (χ0) is 48.4. The quantitative estimate of drug-likeness (QED) is 0.0534. The van der Waals surface area contributed by atoms with Crippen molar-refractivity contribution in [3.05, 3.63) is 56.8 Å². The van der Waals surface area contributed by atoms with Crippen LogP contribution in [0.25, 0.3) is 0 Å². The van der Waals surface area contributed by atoms with E-state index in [9.17, 15) is 76.2 Å². The molecule has 0 spiro atoms. The first kappa shape index (κ1) is 52.3. The summed E-state index contributed by atoms with van der Waals surface area (Å²) in [5.41, 5.74) is -11.2. The summed E-state index contributed by atoms with van der Waals surface area (Å²) < 4.78 is 181.